The van der Waals surface area contributed by atoms with E-state index in [1.54, 1.807) is 24.3 Å². The van der Waals surface area contributed by atoms with Crippen LogP contribution in [0.3, 0.4) is 0 Å². The summed E-state index contributed by atoms with van der Waals surface area (Å²) in [6.45, 7) is 1.52. The fraction of sp³-hybridized carbons (Fsp3) is 0.269. The van der Waals surface area contributed by atoms with Gasteiger partial charge in [0.2, 0.25) is 0 Å². The van der Waals surface area contributed by atoms with E-state index in [1.807, 2.05) is 0 Å². The third-order valence-electron chi connectivity index (χ3n) is 6.44. The summed E-state index contributed by atoms with van der Waals surface area (Å²) in [5.74, 6) is 0.104. The predicted molar refractivity (Wildman–Crippen MR) is 138 cm³/mol. The first-order valence-electron chi connectivity index (χ1n) is 11.8. The summed E-state index contributed by atoms with van der Waals surface area (Å²) in [5, 5.41) is 4.81. The second kappa shape index (κ2) is 10.2. The van der Waals surface area contributed by atoms with Gasteiger partial charge < -0.3 is 4.52 Å². The number of rotatable bonds is 9. The minimum absolute atomic E-state index is 0.0185. The van der Waals surface area contributed by atoms with E-state index in [4.69, 9.17) is 27.7 Å². The summed E-state index contributed by atoms with van der Waals surface area (Å²) in [6, 6.07) is 9.15. The van der Waals surface area contributed by atoms with Gasteiger partial charge in [0, 0.05) is 27.6 Å². The molecule has 0 bridgehead atoms. The Labute approximate surface area is 228 Å². The highest BCUT2D eigenvalue weighted by Crippen LogP contribution is 2.56. The van der Waals surface area contributed by atoms with E-state index in [1.165, 1.54) is 31.5 Å². The van der Waals surface area contributed by atoms with Crippen LogP contribution in [0.4, 0.5) is 4.39 Å². The van der Waals surface area contributed by atoms with Crippen molar-refractivity contribution in [2.45, 2.75) is 43.0 Å². The number of nitrogens with zero attached hydrogens (tertiary/aromatic N) is 4. The van der Waals surface area contributed by atoms with Crippen LogP contribution in [0.15, 0.2) is 58.3 Å². The van der Waals surface area contributed by atoms with Crippen LogP contribution in [-0.4, -0.2) is 40.1 Å². The highest BCUT2D eigenvalue weighted by Gasteiger charge is 2.52. The number of sulfone groups is 1. The Bertz CT molecular complexity index is 1600. The van der Waals surface area contributed by atoms with Gasteiger partial charge in [-0.1, -0.05) is 35.3 Å². The fourth-order valence-electron chi connectivity index (χ4n) is 4.26. The van der Waals surface area contributed by atoms with Crippen molar-refractivity contribution in [2.24, 2.45) is 0 Å². The molecule has 1 aliphatic rings. The second-order valence-electron chi connectivity index (χ2n) is 9.09. The Morgan fingerprint density at radius 3 is 2.32 bits per heavy atom. The molecule has 0 amide bonds. The molecule has 2 aromatic carbocycles. The molecule has 1 fully saturated rings. The van der Waals surface area contributed by atoms with Crippen LogP contribution < -0.4 is 0 Å². The van der Waals surface area contributed by atoms with Crippen molar-refractivity contribution >= 4 is 38.8 Å². The largest absolute Gasteiger partial charge is 0.334 e. The minimum atomic E-state index is -3.46. The zero-order chi connectivity index (χ0) is 27.1. The molecule has 0 aliphatic heterocycles. The third-order valence-corrected chi connectivity index (χ3v) is 8.64. The van der Waals surface area contributed by atoms with E-state index in [0.717, 1.165) is 12.8 Å². The van der Waals surface area contributed by atoms with Crippen molar-refractivity contribution in [3.8, 4) is 11.5 Å². The van der Waals surface area contributed by atoms with Gasteiger partial charge >= 0.3 is 0 Å². The summed E-state index contributed by atoms with van der Waals surface area (Å²) in [6.07, 6.45) is 3.94. The Morgan fingerprint density at radius 2 is 1.74 bits per heavy atom. The zero-order valence-corrected chi connectivity index (χ0v) is 22.4. The standard InChI is InChI=1S/C26H21Cl2FN4O4S/c1-2-38(35,36)22-14-30-18(13-31-22)12-19(34)9-15-10-20(27)23(21(28)11-15)26(7-8-26)25-32-24(37-33-25)16-3-5-17(29)6-4-16/h3-6,10-11,13-14H,2,7-9,12H2,1H3. The molecule has 5 rings (SSSR count). The molecule has 0 atom stereocenters. The van der Waals surface area contributed by atoms with Crippen LogP contribution in [0, 0.1) is 5.82 Å². The van der Waals surface area contributed by atoms with Gasteiger partial charge in [-0.05, 0) is 54.8 Å². The van der Waals surface area contributed by atoms with Crippen molar-refractivity contribution in [3.05, 3.63) is 87.3 Å². The van der Waals surface area contributed by atoms with Crippen molar-refractivity contribution < 1.29 is 22.1 Å². The fourth-order valence-corrected chi connectivity index (χ4v) is 5.87. The van der Waals surface area contributed by atoms with Gasteiger partial charge in [-0.2, -0.15) is 4.98 Å². The van der Waals surface area contributed by atoms with E-state index < -0.39 is 15.3 Å². The molecular weight excluding hydrogens is 554 g/mol. The molecule has 0 spiro atoms. The normalized spacial score (nSPS) is 14.4. The molecule has 0 radical (unpaired) electrons. The first-order chi connectivity index (χ1) is 18.1. The Kier molecular flexibility index (Phi) is 7.06. The number of ketones is 1. The van der Waals surface area contributed by atoms with Crippen molar-refractivity contribution in [3.63, 3.8) is 0 Å². The van der Waals surface area contributed by atoms with E-state index in [-0.39, 0.29) is 41.1 Å². The van der Waals surface area contributed by atoms with Crippen LogP contribution >= 0.6 is 23.2 Å². The Morgan fingerprint density at radius 1 is 1.05 bits per heavy atom. The van der Waals surface area contributed by atoms with Crippen molar-refractivity contribution in [2.75, 3.05) is 5.75 Å². The number of Topliss-reactive ketones (excluding diaryl/α,β-unsaturated/α-hetero) is 1. The van der Waals surface area contributed by atoms with Crippen LogP contribution in [0.25, 0.3) is 11.5 Å². The van der Waals surface area contributed by atoms with E-state index in [0.29, 0.717) is 38.3 Å². The summed E-state index contributed by atoms with van der Waals surface area (Å²) < 4.78 is 42.5. The van der Waals surface area contributed by atoms with Gasteiger partial charge in [0.15, 0.2) is 20.7 Å². The average Bonchev–Trinajstić information content (AvgIpc) is 3.51. The lowest BCUT2D eigenvalue weighted by atomic mass is 9.93. The molecular formula is C26H21Cl2FN4O4S. The molecule has 12 heteroatoms. The van der Waals surface area contributed by atoms with E-state index in [2.05, 4.69) is 20.1 Å². The lowest BCUT2D eigenvalue weighted by Gasteiger charge is -2.16. The van der Waals surface area contributed by atoms with Crippen molar-refractivity contribution in [1.29, 1.82) is 0 Å². The maximum absolute atomic E-state index is 13.3. The number of hydrogen-bond acceptors (Lipinski definition) is 8. The number of benzene rings is 2. The lowest BCUT2D eigenvalue weighted by Crippen LogP contribution is -2.14. The molecule has 0 N–H and O–H groups in total. The summed E-state index contributed by atoms with van der Waals surface area (Å²) >= 11 is 13.3. The van der Waals surface area contributed by atoms with Gasteiger partial charge in [-0.15, -0.1) is 0 Å². The molecule has 196 valence electrons. The van der Waals surface area contributed by atoms with Gasteiger partial charge in [0.25, 0.3) is 5.89 Å². The Hall–Kier alpha value is -3.21. The van der Waals surface area contributed by atoms with Gasteiger partial charge in [-0.25, -0.2) is 17.8 Å². The summed E-state index contributed by atoms with van der Waals surface area (Å²) in [7, 11) is -3.46. The molecule has 1 saturated carbocycles. The average molecular weight is 575 g/mol. The van der Waals surface area contributed by atoms with E-state index >= 15 is 0 Å². The first-order valence-corrected chi connectivity index (χ1v) is 14.2. The van der Waals surface area contributed by atoms with Crippen LogP contribution in [0.1, 0.15) is 42.4 Å². The van der Waals surface area contributed by atoms with E-state index in [9.17, 15) is 17.6 Å². The highest BCUT2D eigenvalue weighted by atomic mass is 35.5. The number of carbonyl (C=O) groups is 1. The number of hydrogen-bond donors (Lipinski definition) is 0. The molecule has 1 aliphatic carbocycles. The molecule has 4 aromatic rings. The number of aromatic nitrogens is 4. The van der Waals surface area contributed by atoms with Crippen LogP contribution in [0.2, 0.25) is 10.0 Å². The monoisotopic (exact) mass is 574 g/mol. The SMILES string of the molecule is CCS(=O)(=O)c1cnc(CC(=O)Cc2cc(Cl)c(C3(c4noc(-c5ccc(F)cc5)n4)CC3)c(Cl)c2)cn1. The molecule has 2 heterocycles. The summed E-state index contributed by atoms with van der Waals surface area (Å²) in [4.78, 5) is 25.2. The number of halogens is 3. The topological polar surface area (TPSA) is 116 Å². The quantitative estimate of drug-likeness (QED) is 0.268. The lowest BCUT2D eigenvalue weighted by molar-refractivity contribution is -0.117. The predicted octanol–water partition coefficient (Wildman–Crippen LogP) is 5.20. The highest BCUT2D eigenvalue weighted by molar-refractivity contribution is 7.91. The Balaban J connectivity index is 1.32. The van der Waals surface area contributed by atoms with Crippen LogP contribution in [-0.2, 0) is 32.9 Å². The molecule has 38 heavy (non-hydrogen) atoms. The zero-order valence-electron chi connectivity index (χ0n) is 20.1. The molecule has 0 unspecified atom stereocenters. The van der Waals surface area contributed by atoms with Crippen LogP contribution in [0.5, 0.6) is 0 Å². The third kappa shape index (κ3) is 5.21. The molecule has 2 aromatic heterocycles. The maximum Gasteiger partial charge on any atom is 0.257 e. The van der Waals surface area contributed by atoms with Crippen molar-refractivity contribution in [1.82, 2.24) is 20.1 Å². The maximum atomic E-state index is 13.3. The summed E-state index contributed by atoms with van der Waals surface area (Å²) in [5.41, 5.74) is 1.65. The first kappa shape index (κ1) is 26.4. The molecule has 8 nitrogen and oxygen atoms in total. The van der Waals surface area contributed by atoms with Gasteiger partial charge in [0.1, 0.15) is 11.6 Å². The van der Waals surface area contributed by atoms with Gasteiger partial charge in [0.05, 0.1) is 35.7 Å². The van der Waals surface area contributed by atoms with Gasteiger partial charge in [-0.3, -0.25) is 9.78 Å². The smallest absolute Gasteiger partial charge is 0.257 e. The number of carbonyl (C=O) groups excluding carboxylic acids is 1. The second-order valence-corrected chi connectivity index (χ2v) is 12.1. The minimum Gasteiger partial charge on any atom is -0.334 e. The molecule has 0 saturated heterocycles.